The standard InChI is InChI=1S/C47H33BF2N2O2/c49-48(50)54-39(47-43(35-25-13-4-14-26-35)41(33-21-9-2-10-22-33)45(52-47)37-29-17-6-18-30-37)31-38(53)46-42(34-23-11-3-12-24-34)40(32-19-7-1-8-20-32)44(51-46)36-27-15-5-16-28-36/h1-31,51-52H/b39-31-. The van der Waals surface area contributed by atoms with Crippen molar-refractivity contribution in [3.63, 3.8) is 0 Å². The second kappa shape index (κ2) is 15.3. The van der Waals surface area contributed by atoms with Gasteiger partial charge in [-0.1, -0.05) is 182 Å². The first-order valence-electron chi connectivity index (χ1n) is 17.6. The van der Waals surface area contributed by atoms with Crippen molar-refractivity contribution in [2.75, 3.05) is 0 Å². The van der Waals surface area contributed by atoms with Crippen molar-refractivity contribution in [2.45, 2.75) is 0 Å². The second-order valence-corrected chi connectivity index (χ2v) is 12.7. The molecule has 0 aliphatic rings. The Morgan fingerprint density at radius 3 is 1.07 bits per heavy atom. The molecule has 260 valence electrons. The summed E-state index contributed by atoms with van der Waals surface area (Å²) in [5.74, 6) is -0.815. The van der Waals surface area contributed by atoms with E-state index >= 15 is 0 Å². The zero-order valence-electron chi connectivity index (χ0n) is 29.0. The lowest BCUT2D eigenvalue weighted by Gasteiger charge is -2.13. The smallest absolute Gasteiger partial charge is 0.503 e. The van der Waals surface area contributed by atoms with E-state index in [1.807, 2.05) is 182 Å². The number of aromatic amines is 2. The molecule has 0 fully saturated rings. The van der Waals surface area contributed by atoms with Gasteiger partial charge in [0.05, 0.1) is 22.8 Å². The molecule has 8 rings (SSSR count). The number of ketones is 1. The van der Waals surface area contributed by atoms with Crippen LogP contribution in [0.2, 0.25) is 0 Å². The molecule has 7 heteroatoms. The third-order valence-corrected chi connectivity index (χ3v) is 9.35. The number of hydrogen-bond acceptors (Lipinski definition) is 2. The Balaban J connectivity index is 1.40. The minimum absolute atomic E-state index is 0.244. The molecule has 0 spiro atoms. The SMILES string of the molecule is O=C(/C=C(\OB(F)F)c1[nH]c(-c2ccccc2)c(-c2ccccc2)c1-c1ccccc1)c1[nH]c(-c2ccccc2)c(-c2ccccc2)c1-c1ccccc1. The molecule has 0 amide bonds. The van der Waals surface area contributed by atoms with Crippen molar-refractivity contribution in [3.05, 3.63) is 199 Å². The van der Waals surface area contributed by atoms with Crippen molar-refractivity contribution in [1.29, 1.82) is 0 Å². The molecule has 8 aromatic rings. The van der Waals surface area contributed by atoms with Gasteiger partial charge in [-0.15, -0.1) is 0 Å². The summed E-state index contributed by atoms with van der Waals surface area (Å²) >= 11 is 0. The topological polar surface area (TPSA) is 57.9 Å². The zero-order chi connectivity index (χ0) is 36.9. The lowest BCUT2D eigenvalue weighted by atomic mass is 9.91. The summed E-state index contributed by atoms with van der Waals surface area (Å²) in [5, 5.41) is 0. The summed E-state index contributed by atoms with van der Waals surface area (Å²) in [4.78, 5) is 21.8. The number of carbonyl (C=O) groups excluding carboxylic acids is 1. The first-order chi connectivity index (χ1) is 26.6. The van der Waals surface area contributed by atoms with Gasteiger partial charge in [-0.3, -0.25) is 4.79 Å². The normalized spacial score (nSPS) is 11.3. The van der Waals surface area contributed by atoms with E-state index in [1.54, 1.807) is 0 Å². The molecular weight excluding hydrogens is 673 g/mol. The number of H-pyrrole nitrogens is 2. The molecule has 0 atom stereocenters. The molecular formula is C47H33BF2N2O2. The molecule has 0 saturated heterocycles. The highest BCUT2D eigenvalue weighted by atomic mass is 19.2. The van der Waals surface area contributed by atoms with Crippen molar-refractivity contribution < 1.29 is 18.1 Å². The van der Waals surface area contributed by atoms with Gasteiger partial charge in [-0.2, -0.15) is 0 Å². The van der Waals surface area contributed by atoms with Crippen LogP contribution in [0.1, 0.15) is 16.2 Å². The number of aromatic nitrogens is 2. The number of allylic oxidation sites excluding steroid dienone is 1. The van der Waals surface area contributed by atoms with Gasteiger partial charge in [0.25, 0.3) is 0 Å². The van der Waals surface area contributed by atoms with Crippen LogP contribution in [0.25, 0.3) is 72.8 Å². The second-order valence-electron chi connectivity index (χ2n) is 12.7. The van der Waals surface area contributed by atoms with Crippen LogP contribution in [0.15, 0.2) is 188 Å². The van der Waals surface area contributed by atoms with Gasteiger partial charge in [-0.05, 0) is 33.4 Å². The maximum absolute atomic E-state index is 14.9. The Morgan fingerprint density at radius 1 is 0.426 bits per heavy atom. The van der Waals surface area contributed by atoms with Crippen LogP contribution < -0.4 is 0 Å². The predicted octanol–water partition coefficient (Wildman–Crippen LogP) is 12.5. The summed E-state index contributed by atoms with van der Waals surface area (Å²) in [6.07, 6.45) is 1.18. The van der Waals surface area contributed by atoms with E-state index in [4.69, 9.17) is 4.65 Å². The molecule has 0 aliphatic heterocycles. The van der Waals surface area contributed by atoms with Crippen molar-refractivity contribution >= 4 is 19.0 Å². The summed E-state index contributed by atoms with van der Waals surface area (Å²) in [5.41, 5.74) is 9.89. The molecule has 0 aliphatic carbocycles. The average Bonchev–Trinajstić information content (AvgIpc) is 3.83. The number of halogens is 2. The molecule has 54 heavy (non-hydrogen) atoms. The molecule has 6 aromatic carbocycles. The number of carbonyl (C=O) groups is 1. The molecule has 0 saturated carbocycles. The van der Waals surface area contributed by atoms with Crippen LogP contribution in [0.5, 0.6) is 0 Å². The summed E-state index contributed by atoms with van der Waals surface area (Å²) < 4.78 is 34.5. The Morgan fingerprint density at radius 2 is 0.722 bits per heavy atom. The van der Waals surface area contributed by atoms with Gasteiger partial charge in [-0.25, -0.2) is 8.63 Å². The Bertz CT molecular complexity index is 2540. The van der Waals surface area contributed by atoms with Gasteiger partial charge in [0.1, 0.15) is 5.76 Å². The van der Waals surface area contributed by atoms with E-state index < -0.39 is 13.3 Å². The minimum atomic E-state index is -3.21. The molecule has 2 N–H and O–H groups in total. The number of nitrogens with one attached hydrogen (secondary N) is 2. The summed E-state index contributed by atoms with van der Waals surface area (Å²) in [6, 6.07) is 58.2. The molecule has 0 unspecified atom stereocenters. The highest BCUT2D eigenvalue weighted by molar-refractivity contribution is 6.36. The van der Waals surface area contributed by atoms with E-state index in [-0.39, 0.29) is 17.1 Å². The molecule has 0 bridgehead atoms. The van der Waals surface area contributed by atoms with Crippen LogP contribution in [0.3, 0.4) is 0 Å². The average molecular weight is 707 g/mol. The Kier molecular flexibility index (Phi) is 9.68. The van der Waals surface area contributed by atoms with Crippen molar-refractivity contribution in [3.8, 4) is 67.0 Å². The third kappa shape index (κ3) is 6.83. The first-order valence-corrected chi connectivity index (χ1v) is 17.6. The molecule has 4 nitrogen and oxygen atoms in total. The molecule has 2 heterocycles. The van der Waals surface area contributed by atoms with Crippen LogP contribution in [0.4, 0.5) is 8.63 Å². The predicted molar refractivity (Wildman–Crippen MR) is 216 cm³/mol. The number of benzene rings is 6. The monoisotopic (exact) mass is 706 g/mol. The van der Waals surface area contributed by atoms with E-state index in [1.165, 1.54) is 6.08 Å². The van der Waals surface area contributed by atoms with Gasteiger partial charge in [0, 0.05) is 28.3 Å². The fourth-order valence-corrected chi connectivity index (χ4v) is 7.04. The quantitative estimate of drug-likeness (QED) is 0.0609. The van der Waals surface area contributed by atoms with Gasteiger partial charge in [0.15, 0.2) is 0 Å². The van der Waals surface area contributed by atoms with Gasteiger partial charge in [0.2, 0.25) is 5.78 Å². The molecule has 0 radical (unpaired) electrons. The van der Waals surface area contributed by atoms with Crippen LogP contribution in [-0.4, -0.2) is 23.2 Å². The minimum Gasteiger partial charge on any atom is -0.503 e. The van der Waals surface area contributed by atoms with Crippen molar-refractivity contribution in [1.82, 2.24) is 9.97 Å². The van der Waals surface area contributed by atoms with Crippen molar-refractivity contribution in [2.24, 2.45) is 0 Å². The first kappa shape index (κ1) is 34.1. The largest absolute Gasteiger partial charge is 0.796 e. The highest BCUT2D eigenvalue weighted by Gasteiger charge is 2.30. The third-order valence-electron chi connectivity index (χ3n) is 9.35. The maximum atomic E-state index is 14.9. The molecule has 2 aromatic heterocycles. The van der Waals surface area contributed by atoms with Gasteiger partial charge >= 0.3 is 7.47 Å². The van der Waals surface area contributed by atoms with E-state index in [2.05, 4.69) is 9.97 Å². The van der Waals surface area contributed by atoms with Crippen LogP contribution in [0, 0.1) is 0 Å². The fraction of sp³-hybridized carbons (Fsp3) is 0. The fourth-order valence-electron chi connectivity index (χ4n) is 7.04. The Hall–Kier alpha value is -6.99. The lowest BCUT2D eigenvalue weighted by Crippen LogP contribution is -2.08. The highest BCUT2D eigenvalue weighted by Crippen LogP contribution is 2.46. The van der Waals surface area contributed by atoms with E-state index in [0.29, 0.717) is 16.8 Å². The van der Waals surface area contributed by atoms with Gasteiger partial charge < -0.3 is 14.6 Å². The van der Waals surface area contributed by atoms with Crippen LogP contribution >= 0.6 is 0 Å². The van der Waals surface area contributed by atoms with E-state index in [9.17, 15) is 13.4 Å². The lowest BCUT2D eigenvalue weighted by molar-refractivity contribution is 0.104. The maximum Gasteiger partial charge on any atom is 0.796 e. The number of hydrogen-bond donors (Lipinski definition) is 2. The van der Waals surface area contributed by atoms with Crippen LogP contribution in [-0.2, 0) is 4.65 Å². The number of rotatable bonds is 11. The Labute approximate surface area is 312 Å². The summed E-state index contributed by atoms with van der Waals surface area (Å²) in [7, 11) is -3.21. The summed E-state index contributed by atoms with van der Waals surface area (Å²) in [6.45, 7) is 0. The zero-order valence-corrected chi connectivity index (χ0v) is 29.0. The van der Waals surface area contributed by atoms with E-state index in [0.717, 1.165) is 50.2 Å².